The van der Waals surface area contributed by atoms with Gasteiger partial charge in [0.1, 0.15) is 16.8 Å². The van der Waals surface area contributed by atoms with Gasteiger partial charge in [-0.05, 0) is 12.3 Å². The van der Waals surface area contributed by atoms with Gasteiger partial charge in [-0.1, -0.05) is 32.4 Å². The van der Waals surface area contributed by atoms with Crippen LogP contribution in [0.1, 0.15) is 33.0 Å². The maximum Gasteiger partial charge on any atom is 0.134 e. The third kappa shape index (κ3) is 5.74. The summed E-state index contributed by atoms with van der Waals surface area (Å²) in [6, 6.07) is 1.83. The van der Waals surface area contributed by atoms with Crippen molar-refractivity contribution in [3.63, 3.8) is 0 Å². The van der Waals surface area contributed by atoms with E-state index in [0.717, 1.165) is 37.6 Å². The van der Waals surface area contributed by atoms with Crippen LogP contribution < -0.4 is 4.90 Å². The van der Waals surface area contributed by atoms with E-state index < -0.39 is 0 Å². The normalized spacial score (nSPS) is 11.1. The summed E-state index contributed by atoms with van der Waals surface area (Å²) in [6.45, 7) is 8.92. The third-order valence-electron chi connectivity index (χ3n) is 2.68. The molecule has 0 fully saturated rings. The molecule has 0 aromatic carbocycles. The standard InChI is InChI=1S/C14H24ClN3O/c1-5-6-13-16-12(15)9-14(17-13)18(7-8-19-4)10-11(2)3/h9,11H,5-8,10H2,1-4H3. The molecule has 0 amide bonds. The van der Waals surface area contributed by atoms with E-state index in [0.29, 0.717) is 17.7 Å². The second kappa shape index (κ2) is 8.33. The Hall–Kier alpha value is -0.870. The number of hydrogen-bond donors (Lipinski definition) is 0. The molecule has 108 valence electrons. The average molecular weight is 286 g/mol. The number of hydrogen-bond acceptors (Lipinski definition) is 4. The Morgan fingerprint density at radius 1 is 1.37 bits per heavy atom. The molecule has 19 heavy (non-hydrogen) atoms. The molecule has 0 spiro atoms. The Bertz CT molecular complexity index is 385. The summed E-state index contributed by atoms with van der Waals surface area (Å²) < 4.78 is 5.17. The van der Waals surface area contributed by atoms with Gasteiger partial charge in [0.05, 0.1) is 6.61 Å². The maximum absolute atomic E-state index is 6.09. The van der Waals surface area contributed by atoms with Crippen molar-refractivity contribution in [3.05, 3.63) is 17.0 Å². The summed E-state index contributed by atoms with van der Waals surface area (Å²) in [7, 11) is 1.71. The highest BCUT2D eigenvalue weighted by Crippen LogP contribution is 2.18. The zero-order chi connectivity index (χ0) is 14.3. The van der Waals surface area contributed by atoms with Gasteiger partial charge in [-0.3, -0.25) is 0 Å². The minimum absolute atomic E-state index is 0.514. The summed E-state index contributed by atoms with van der Waals surface area (Å²) in [5.74, 6) is 2.27. The van der Waals surface area contributed by atoms with Crippen LogP contribution in [-0.4, -0.2) is 36.8 Å². The molecule has 5 heteroatoms. The van der Waals surface area contributed by atoms with Crippen LogP contribution in [0.4, 0.5) is 5.82 Å². The number of anilines is 1. The molecule has 0 unspecified atom stereocenters. The molecular weight excluding hydrogens is 262 g/mol. The highest BCUT2D eigenvalue weighted by atomic mass is 35.5. The number of ether oxygens (including phenoxy) is 1. The van der Waals surface area contributed by atoms with Crippen LogP contribution in [0.25, 0.3) is 0 Å². The molecular formula is C14H24ClN3O. The van der Waals surface area contributed by atoms with Crippen molar-refractivity contribution in [2.75, 3.05) is 31.7 Å². The second-order valence-electron chi connectivity index (χ2n) is 5.05. The van der Waals surface area contributed by atoms with Gasteiger partial charge in [-0.25, -0.2) is 9.97 Å². The van der Waals surface area contributed by atoms with Gasteiger partial charge < -0.3 is 9.64 Å². The fraction of sp³-hybridized carbons (Fsp3) is 0.714. The minimum atomic E-state index is 0.514. The zero-order valence-electron chi connectivity index (χ0n) is 12.3. The van der Waals surface area contributed by atoms with E-state index in [9.17, 15) is 0 Å². The molecule has 0 bridgehead atoms. The predicted octanol–water partition coefficient (Wildman–Crippen LogP) is 3.19. The Balaban J connectivity index is 2.92. The summed E-state index contributed by atoms with van der Waals surface area (Å²) in [4.78, 5) is 11.1. The lowest BCUT2D eigenvalue weighted by Crippen LogP contribution is -2.32. The lowest BCUT2D eigenvalue weighted by atomic mass is 10.2. The molecule has 0 N–H and O–H groups in total. The fourth-order valence-electron chi connectivity index (χ4n) is 1.89. The van der Waals surface area contributed by atoms with E-state index in [2.05, 4.69) is 35.6 Å². The van der Waals surface area contributed by atoms with Crippen molar-refractivity contribution in [3.8, 4) is 0 Å². The number of aromatic nitrogens is 2. The summed E-state index contributed by atoms with van der Waals surface area (Å²) in [5, 5.41) is 0.514. The van der Waals surface area contributed by atoms with Crippen molar-refractivity contribution in [1.29, 1.82) is 0 Å². The van der Waals surface area contributed by atoms with Crippen LogP contribution >= 0.6 is 11.6 Å². The molecule has 0 aliphatic carbocycles. The van der Waals surface area contributed by atoms with Crippen molar-refractivity contribution in [2.45, 2.75) is 33.6 Å². The van der Waals surface area contributed by atoms with Gasteiger partial charge in [-0.15, -0.1) is 0 Å². The topological polar surface area (TPSA) is 38.2 Å². The first-order chi connectivity index (χ1) is 9.06. The second-order valence-corrected chi connectivity index (χ2v) is 5.44. The van der Waals surface area contributed by atoms with Crippen LogP contribution in [0.2, 0.25) is 5.15 Å². The molecule has 0 saturated heterocycles. The van der Waals surface area contributed by atoms with E-state index in [1.807, 2.05) is 6.07 Å². The van der Waals surface area contributed by atoms with Gasteiger partial charge in [0.25, 0.3) is 0 Å². The molecule has 0 radical (unpaired) electrons. The van der Waals surface area contributed by atoms with Crippen LogP contribution in [0.3, 0.4) is 0 Å². The largest absolute Gasteiger partial charge is 0.383 e. The zero-order valence-corrected chi connectivity index (χ0v) is 13.1. The van der Waals surface area contributed by atoms with Crippen LogP contribution in [0.5, 0.6) is 0 Å². The van der Waals surface area contributed by atoms with E-state index in [1.54, 1.807) is 7.11 Å². The van der Waals surface area contributed by atoms with Crippen molar-refractivity contribution < 1.29 is 4.74 Å². The van der Waals surface area contributed by atoms with E-state index in [-0.39, 0.29) is 0 Å². The first-order valence-corrected chi connectivity index (χ1v) is 7.22. The number of halogens is 1. The Labute approximate surface area is 121 Å². The SMILES string of the molecule is CCCc1nc(Cl)cc(N(CCOC)CC(C)C)n1. The first kappa shape index (κ1) is 16.2. The van der Waals surface area contributed by atoms with Gasteiger partial charge in [0, 0.05) is 32.7 Å². The van der Waals surface area contributed by atoms with E-state index in [4.69, 9.17) is 16.3 Å². The highest BCUT2D eigenvalue weighted by molar-refractivity contribution is 6.29. The molecule has 1 aromatic rings. The third-order valence-corrected chi connectivity index (χ3v) is 2.87. The minimum Gasteiger partial charge on any atom is -0.383 e. The first-order valence-electron chi connectivity index (χ1n) is 6.84. The van der Waals surface area contributed by atoms with Crippen LogP contribution in [0.15, 0.2) is 6.07 Å². The predicted molar refractivity (Wildman–Crippen MR) is 80.0 cm³/mol. The number of aryl methyl sites for hydroxylation is 1. The van der Waals surface area contributed by atoms with Gasteiger partial charge in [-0.2, -0.15) is 0 Å². The van der Waals surface area contributed by atoms with Gasteiger partial charge in [0.15, 0.2) is 0 Å². The van der Waals surface area contributed by atoms with Crippen LogP contribution in [-0.2, 0) is 11.2 Å². The average Bonchev–Trinajstić information content (AvgIpc) is 2.33. The maximum atomic E-state index is 6.09. The molecule has 1 heterocycles. The lowest BCUT2D eigenvalue weighted by molar-refractivity contribution is 0.204. The molecule has 1 rings (SSSR count). The Morgan fingerprint density at radius 2 is 2.11 bits per heavy atom. The molecule has 0 atom stereocenters. The molecule has 1 aromatic heterocycles. The van der Waals surface area contributed by atoms with Gasteiger partial charge in [0.2, 0.25) is 0 Å². The quantitative estimate of drug-likeness (QED) is 0.688. The summed E-state index contributed by atoms with van der Waals surface area (Å²) in [6.07, 6.45) is 1.87. The summed E-state index contributed by atoms with van der Waals surface area (Å²) >= 11 is 6.09. The van der Waals surface area contributed by atoms with E-state index in [1.165, 1.54) is 0 Å². The monoisotopic (exact) mass is 285 g/mol. The van der Waals surface area contributed by atoms with Crippen molar-refractivity contribution >= 4 is 17.4 Å². The number of methoxy groups -OCH3 is 1. The fourth-order valence-corrected chi connectivity index (χ4v) is 2.09. The van der Waals surface area contributed by atoms with Gasteiger partial charge >= 0.3 is 0 Å². The van der Waals surface area contributed by atoms with Crippen LogP contribution in [0, 0.1) is 5.92 Å². The van der Waals surface area contributed by atoms with Crippen molar-refractivity contribution in [2.24, 2.45) is 5.92 Å². The molecule has 0 aliphatic heterocycles. The molecule has 0 saturated carbocycles. The van der Waals surface area contributed by atoms with E-state index >= 15 is 0 Å². The Kier molecular flexibility index (Phi) is 7.10. The summed E-state index contributed by atoms with van der Waals surface area (Å²) in [5.41, 5.74) is 0. The smallest absolute Gasteiger partial charge is 0.134 e. The lowest BCUT2D eigenvalue weighted by Gasteiger charge is -2.25. The number of nitrogens with zero attached hydrogens (tertiary/aromatic N) is 3. The molecule has 4 nitrogen and oxygen atoms in total. The molecule has 0 aliphatic rings. The Morgan fingerprint density at radius 3 is 2.68 bits per heavy atom. The highest BCUT2D eigenvalue weighted by Gasteiger charge is 2.12. The van der Waals surface area contributed by atoms with Crippen molar-refractivity contribution in [1.82, 2.24) is 9.97 Å². The number of rotatable bonds is 8.